The maximum atomic E-state index is 13.0. The summed E-state index contributed by atoms with van der Waals surface area (Å²) in [6.07, 6.45) is 4.01. The summed E-state index contributed by atoms with van der Waals surface area (Å²) >= 11 is 0. The molecule has 5 rings (SSSR count). The Morgan fingerprint density at radius 1 is 0.972 bits per heavy atom. The van der Waals surface area contributed by atoms with Gasteiger partial charge in [-0.15, -0.1) is 0 Å². The van der Waals surface area contributed by atoms with Gasteiger partial charge in [0.05, 0.1) is 12.0 Å². The van der Waals surface area contributed by atoms with Crippen LogP contribution in [0.5, 0.6) is 0 Å². The molecule has 0 radical (unpaired) electrons. The number of piperazine rings is 1. The molecule has 0 saturated carbocycles. The summed E-state index contributed by atoms with van der Waals surface area (Å²) in [5.74, 6) is -0.154. The molecule has 0 aliphatic carbocycles. The lowest BCUT2D eigenvalue weighted by Crippen LogP contribution is -2.49. The largest absolute Gasteiger partial charge is 0.445 e. The van der Waals surface area contributed by atoms with Crippen LogP contribution in [0.1, 0.15) is 28.4 Å². The molecule has 3 aromatic rings. The quantitative estimate of drug-likeness (QED) is 0.554. The molecule has 36 heavy (non-hydrogen) atoms. The maximum Gasteiger partial charge on any atom is 0.339 e. The van der Waals surface area contributed by atoms with Crippen LogP contribution in [-0.4, -0.2) is 64.4 Å². The lowest BCUT2D eigenvalue weighted by Gasteiger charge is -2.34. The smallest absolute Gasteiger partial charge is 0.339 e. The zero-order valence-corrected chi connectivity index (χ0v) is 20.0. The van der Waals surface area contributed by atoms with Gasteiger partial charge in [0.15, 0.2) is 5.60 Å². The third-order valence-electron chi connectivity index (χ3n) is 6.60. The number of rotatable bonds is 5. The Kier molecular flexibility index (Phi) is 6.37. The average molecular weight is 486 g/mol. The number of amides is 2. The first-order chi connectivity index (χ1) is 17.4. The van der Waals surface area contributed by atoms with Crippen LogP contribution in [-0.2, 0) is 27.2 Å². The predicted molar refractivity (Wildman–Crippen MR) is 134 cm³/mol. The third kappa shape index (κ3) is 4.91. The molecule has 0 spiro atoms. The van der Waals surface area contributed by atoms with E-state index in [1.54, 1.807) is 49.6 Å². The molecular formula is C27H27N5O4. The molecule has 2 aliphatic heterocycles. The lowest BCUT2D eigenvalue weighted by atomic mass is 9.89. The summed E-state index contributed by atoms with van der Waals surface area (Å²) < 4.78 is 5.50. The number of cyclic esters (lactones) is 1. The molecule has 1 aromatic heterocycles. The van der Waals surface area contributed by atoms with E-state index in [1.807, 2.05) is 29.2 Å². The Bertz CT molecular complexity index is 1270. The minimum Gasteiger partial charge on any atom is -0.445 e. The first-order valence-electron chi connectivity index (χ1n) is 11.9. The lowest BCUT2D eigenvalue weighted by molar-refractivity contribution is -0.134. The highest BCUT2D eigenvalue weighted by atomic mass is 16.6. The number of hydrogen-bond donors (Lipinski definition) is 1. The Morgan fingerprint density at radius 3 is 2.39 bits per heavy atom. The number of esters is 1. The van der Waals surface area contributed by atoms with E-state index in [1.165, 1.54) is 0 Å². The van der Waals surface area contributed by atoms with Crippen molar-refractivity contribution in [3.05, 3.63) is 83.7 Å². The number of aromatic nitrogens is 2. The van der Waals surface area contributed by atoms with Crippen molar-refractivity contribution >= 4 is 29.4 Å². The van der Waals surface area contributed by atoms with E-state index in [2.05, 4.69) is 20.2 Å². The molecule has 184 valence electrons. The van der Waals surface area contributed by atoms with E-state index in [0.29, 0.717) is 49.8 Å². The van der Waals surface area contributed by atoms with Crippen molar-refractivity contribution < 1.29 is 19.1 Å². The van der Waals surface area contributed by atoms with Crippen LogP contribution in [0.4, 0.5) is 11.6 Å². The minimum atomic E-state index is -1.30. The van der Waals surface area contributed by atoms with Gasteiger partial charge in [0, 0.05) is 50.7 Å². The number of nitrogens with zero attached hydrogens (tertiary/aromatic N) is 4. The summed E-state index contributed by atoms with van der Waals surface area (Å²) in [6.45, 7) is 4.23. The fraction of sp³-hybridized carbons (Fsp3) is 0.296. The molecule has 3 heterocycles. The van der Waals surface area contributed by atoms with Gasteiger partial charge in [-0.25, -0.2) is 14.8 Å². The second-order valence-electron chi connectivity index (χ2n) is 9.20. The number of nitrogens with one attached hydrogen (secondary N) is 1. The van der Waals surface area contributed by atoms with E-state index < -0.39 is 17.5 Å². The summed E-state index contributed by atoms with van der Waals surface area (Å²) in [7, 11) is 0. The highest BCUT2D eigenvalue weighted by Crippen LogP contribution is 2.29. The zero-order chi connectivity index (χ0) is 25.1. The number of hydrogen-bond acceptors (Lipinski definition) is 7. The number of benzene rings is 2. The molecule has 1 fully saturated rings. The Balaban J connectivity index is 1.15. The Morgan fingerprint density at radius 2 is 1.67 bits per heavy atom. The topological polar surface area (TPSA) is 105 Å². The fourth-order valence-corrected chi connectivity index (χ4v) is 4.53. The van der Waals surface area contributed by atoms with Crippen LogP contribution in [0.3, 0.4) is 0 Å². The van der Waals surface area contributed by atoms with Crippen LogP contribution in [0, 0.1) is 0 Å². The van der Waals surface area contributed by atoms with Gasteiger partial charge in [-0.1, -0.05) is 30.3 Å². The molecule has 0 bridgehead atoms. The fourth-order valence-electron chi connectivity index (χ4n) is 4.53. The third-order valence-corrected chi connectivity index (χ3v) is 6.60. The van der Waals surface area contributed by atoms with Crippen molar-refractivity contribution in [1.29, 1.82) is 0 Å². The SMILES string of the molecule is CC1(C(=O)Nc2ccc(CC(=O)N3CCN(c4ncccn4)CC3)cc2)Cc2ccccc2C(=O)O1. The van der Waals surface area contributed by atoms with Gasteiger partial charge in [0.25, 0.3) is 5.91 Å². The van der Waals surface area contributed by atoms with Gasteiger partial charge in [0.1, 0.15) is 0 Å². The van der Waals surface area contributed by atoms with Gasteiger partial charge in [-0.2, -0.15) is 0 Å². The van der Waals surface area contributed by atoms with Crippen molar-refractivity contribution in [3.8, 4) is 0 Å². The van der Waals surface area contributed by atoms with Gasteiger partial charge in [-0.3, -0.25) is 9.59 Å². The van der Waals surface area contributed by atoms with E-state index in [0.717, 1.165) is 11.1 Å². The molecule has 9 nitrogen and oxygen atoms in total. The molecule has 2 amide bonds. The average Bonchev–Trinajstić information content (AvgIpc) is 2.90. The number of fused-ring (bicyclic) bond motifs is 1. The molecule has 1 unspecified atom stereocenters. The highest BCUT2D eigenvalue weighted by molar-refractivity contribution is 6.02. The van der Waals surface area contributed by atoms with Crippen LogP contribution < -0.4 is 10.2 Å². The molecule has 1 atom stereocenters. The monoisotopic (exact) mass is 485 g/mol. The number of carbonyl (C=O) groups excluding carboxylic acids is 3. The summed E-state index contributed by atoms with van der Waals surface area (Å²) in [5.41, 5.74) is 1.41. The van der Waals surface area contributed by atoms with Gasteiger partial charge < -0.3 is 19.9 Å². The minimum absolute atomic E-state index is 0.0562. The van der Waals surface area contributed by atoms with Crippen molar-refractivity contribution in [2.75, 3.05) is 36.4 Å². The maximum absolute atomic E-state index is 13.0. The van der Waals surface area contributed by atoms with Crippen LogP contribution in [0.15, 0.2) is 67.0 Å². The van der Waals surface area contributed by atoms with E-state index in [-0.39, 0.29) is 12.3 Å². The van der Waals surface area contributed by atoms with Gasteiger partial charge >= 0.3 is 5.97 Å². The normalized spacial score (nSPS) is 19.3. The molecule has 1 N–H and O–H groups in total. The molecule has 2 aliphatic rings. The highest BCUT2D eigenvalue weighted by Gasteiger charge is 2.42. The van der Waals surface area contributed by atoms with Crippen molar-refractivity contribution in [2.45, 2.75) is 25.4 Å². The summed E-state index contributed by atoms with van der Waals surface area (Å²) in [4.78, 5) is 50.6. The number of anilines is 2. The molecule has 1 saturated heterocycles. The second-order valence-corrected chi connectivity index (χ2v) is 9.20. The number of carbonyl (C=O) groups is 3. The van der Waals surface area contributed by atoms with Crippen LogP contribution >= 0.6 is 0 Å². The van der Waals surface area contributed by atoms with Crippen molar-refractivity contribution in [3.63, 3.8) is 0 Å². The van der Waals surface area contributed by atoms with Crippen molar-refractivity contribution in [1.82, 2.24) is 14.9 Å². The summed E-state index contributed by atoms with van der Waals surface area (Å²) in [5, 5.41) is 2.84. The van der Waals surface area contributed by atoms with E-state index in [4.69, 9.17) is 4.74 Å². The standard InChI is InChI=1S/C27H27N5O4/c1-27(18-20-5-2-3-6-22(20)24(34)36-27)25(35)30-21-9-7-19(8-10-21)17-23(33)31-13-15-32(16-14-31)26-28-11-4-12-29-26/h2-12H,13-18H2,1H3,(H,30,35). The van der Waals surface area contributed by atoms with Crippen molar-refractivity contribution in [2.24, 2.45) is 0 Å². The van der Waals surface area contributed by atoms with E-state index in [9.17, 15) is 14.4 Å². The Hall–Kier alpha value is -4.27. The van der Waals surface area contributed by atoms with Gasteiger partial charge in [0.2, 0.25) is 11.9 Å². The van der Waals surface area contributed by atoms with Crippen LogP contribution in [0.2, 0.25) is 0 Å². The first-order valence-corrected chi connectivity index (χ1v) is 11.9. The zero-order valence-electron chi connectivity index (χ0n) is 20.0. The molecular weight excluding hydrogens is 458 g/mol. The number of ether oxygens (including phenoxy) is 1. The Labute approximate surface area is 209 Å². The van der Waals surface area contributed by atoms with Crippen LogP contribution in [0.25, 0.3) is 0 Å². The molecule has 9 heteroatoms. The second kappa shape index (κ2) is 9.77. The first kappa shape index (κ1) is 23.5. The van der Waals surface area contributed by atoms with E-state index >= 15 is 0 Å². The van der Waals surface area contributed by atoms with Gasteiger partial charge in [-0.05, 0) is 42.3 Å². The summed E-state index contributed by atoms with van der Waals surface area (Å²) in [6, 6.07) is 16.1. The molecule has 2 aromatic carbocycles. The predicted octanol–water partition coefficient (Wildman–Crippen LogP) is 2.48.